The third-order valence-electron chi connectivity index (χ3n) is 4.03. The number of aromatic nitrogens is 1. The van der Waals surface area contributed by atoms with Gasteiger partial charge in [0, 0.05) is 10.9 Å². The van der Waals surface area contributed by atoms with Crippen molar-refractivity contribution in [2.75, 3.05) is 19.5 Å². The highest BCUT2D eigenvalue weighted by atomic mass is 32.1. The van der Waals surface area contributed by atoms with Crippen LogP contribution in [0.15, 0.2) is 47.8 Å². The number of amides is 1. The van der Waals surface area contributed by atoms with Gasteiger partial charge in [-0.3, -0.25) is 10.1 Å². The molecule has 3 aromatic rings. The van der Waals surface area contributed by atoms with Crippen LogP contribution in [0.2, 0.25) is 0 Å². The molecule has 0 bridgehead atoms. The second-order valence-corrected chi connectivity index (χ2v) is 6.47. The van der Waals surface area contributed by atoms with Gasteiger partial charge in [-0.05, 0) is 30.2 Å². The fourth-order valence-electron chi connectivity index (χ4n) is 2.53. The maximum Gasteiger partial charge on any atom is 0.261 e. The number of thiazole rings is 1. The monoisotopic (exact) mass is 368 g/mol. The first kappa shape index (κ1) is 17.9. The van der Waals surface area contributed by atoms with Crippen LogP contribution in [0.1, 0.15) is 22.8 Å². The van der Waals surface area contributed by atoms with E-state index in [0.717, 1.165) is 17.7 Å². The van der Waals surface area contributed by atoms with E-state index in [1.54, 1.807) is 25.3 Å². The normalized spacial score (nSPS) is 10.4. The largest absolute Gasteiger partial charge is 0.497 e. The van der Waals surface area contributed by atoms with Gasteiger partial charge in [-0.1, -0.05) is 31.2 Å². The number of anilines is 1. The zero-order valence-electron chi connectivity index (χ0n) is 14.9. The van der Waals surface area contributed by atoms with Gasteiger partial charge in [0.2, 0.25) is 0 Å². The number of benzene rings is 2. The lowest BCUT2D eigenvalue weighted by molar-refractivity contribution is 0.102. The molecule has 1 N–H and O–H groups in total. The van der Waals surface area contributed by atoms with Gasteiger partial charge in [0.15, 0.2) is 5.13 Å². The van der Waals surface area contributed by atoms with Crippen molar-refractivity contribution in [1.29, 1.82) is 0 Å². The Kier molecular flexibility index (Phi) is 5.53. The van der Waals surface area contributed by atoms with Crippen LogP contribution in [0.3, 0.4) is 0 Å². The molecule has 134 valence electrons. The summed E-state index contributed by atoms with van der Waals surface area (Å²) in [6.45, 7) is 2.12. The molecule has 0 fully saturated rings. The van der Waals surface area contributed by atoms with Crippen LogP contribution < -0.4 is 14.8 Å². The molecular weight excluding hydrogens is 348 g/mol. The molecule has 0 saturated carbocycles. The summed E-state index contributed by atoms with van der Waals surface area (Å²) in [6.07, 6.45) is 1.00. The molecule has 3 rings (SSSR count). The zero-order valence-corrected chi connectivity index (χ0v) is 15.7. The van der Waals surface area contributed by atoms with Gasteiger partial charge in [-0.25, -0.2) is 4.98 Å². The first-order chi connectivity index (χ1) is 12.6. The number of ether oxygens (including phenoxy) is 2. The summed E-state index contributed by atoms with van der Waals surface area (Å²) in [5.74, 6) is 0.782. The molecule has 1 amide bonds. The quantitative estimate of drug-likeness (QED) is 0.688. The van der Waals surface area contributed by atoms with Crippen LogP contribution in [-0.2, 0) is 6.42 Å². The number of methoxy groups -OCH3 is 2. The number of aryl methyl sites for hydroxylation is 1. The SMILES string of the molecule is CCc1ccc(-c2csc(NC(=O)c3cc(OC)ccc3OC)n2)cc1. The number of nitrogens with one attached hydrogen (secondary N) is 1. The fourth-order valence-corrected chi connectivity index (χ4v) is 3.25. The van der Waals surface area contributed by atoms with Crippen LogP contribution >= 0.6 is 11.3 Å². The van der Waals surface area contributed by atoms with Crippen LogP contribution in [0.5, 0.6) is 11.5 Å². The van der Waals surface area contributed by atoms with Crippen LogP contribution in [0.25, 0.3) is 11.3 Å². The second kappa shape index (κ2) is 8.01. The highest BCUT2D eigenvalue weighted by Crippen LogP contribution is 2.28. The summed E-state index contributed by atoms with van der Waals surface area (Å²) >= 11 is 1.39. The molecule has 2 aromatic carbocycles. The summed E-state index contributed by atoms with van der Waals surface area (Å²) < 4.78 is 10.5. The van der Waals surface area contributed by atoms with E-state index in [1.165, 1.54) is 24.0 Å². The summed E-state index contributed by atoms with van der Waals surface area (Å²) in [6, 6.07) is 13.4. The van der Waals surface area contributed by atoms with Gasteiger partial charge in [0.25, 0.3) is 5.91 Å². The second-order valence-electron chi connectivity index (χ2n) is 5.61. The van der Waals surface area contributed by atoms with E-state index >= 15 is 0 Å². The number of hydrogen-bond acceptors (Lipinski definition) is 5. The Morgan fingerprint density at radius 1 is 1.12 bits per heavy atom. The molecule has 5 nitrogen and oxygen atoms in total. The minimum absolute atomic E-state index is 0.289. The first-order valence-electron chi connectivity index (χ1n) is 8.22. The van der Waals surface area contributed by atoms with Crippen LogP contribution in [0.4, 0.5) is 5.13 Å². The maximum absolute atomic E-state index is 12.6. The molecule has 6 heteroatoms. The molecular formula is C20H20N2O3S. The van der Waals surface area contributed by atoms with Gasteiger partial charge >= 0.3 is 0 Å². The standard InChI is InChI=1S/C20H20N2O3S/c1-4-13-5-7-14(8-6-13)17-12-26-20(21-17)22-19(23)16-11-15(24-2)9-10-18(16)25-3/h5-12H,4H2,1-3H3,(H,21,22,23). The molecule has 0 unspecified atom stereocenters. The van der Waals surface area contributed by atoms with E-state index in [2.05, 4.69) is 29.4 Å². The number of carbonyl (C=O) groups is 1. The van der Waals surface area contributed by atoms with E-state index in [4.69, 9.17) is 9.47 Å². The average Bonchev–Trinajstić information content (AvgIpc) is 3.15. The molecule has 26 heavy (non-hydrogen) atoms. The fraction of sp³-hybridized carbons (Fsp3) is 0.200. The third-order valence-corrected chi connectivity index (χ3v) is 4.79. The molecule has 0 atom stereocenters. The van der Waals surface area contributed by atoms with Crippen molar-refractivity contribution in [3.8, 4) is 22.8 Å². The zero-order chi connectivity index (χ0) is 18.5. The minimum Gasteiger partial charge on any atom is -0.497 e. The van der Waals surface area contributed by atoms with Crippen molar-refractivity contribution in [3.63, 3.8) is 0 Å². The van der Waals surface area contributed by atoms with Crippen molar-refractivity contribution >= 4 is 22.4 Å². The number of hydrogen-bond donors (Lipinski definition) is 1. The summed E-state index contributed by atoms with van der Waals surface area (Å²) in [4.78, 5) is 17.1. The van der Waals surface area contributed by atoms with Crippen molar-refractivity contribution < 1.29 is 14.3 Å². The average molecular weight is 368 g/mol. The number of nitrogens with zero attached hydrogens (tertiary/aromatic N) is 1. The van der Waals surface area contributed by atoms with Crippen molar-refractivity contribution in [2.45, 2.75) is 13.3 Å². The van der Waals surface area contributed by atoms with Crippen LogP contribution in [0, 0.1) is 0 Å². The Bertz CT molecular complexity index is 904. The lowest BCUT2D eigenvalue weighted by Gasteiger charge is -2.09. The Morgan fingerprint density at radius 2 is 1.88 bits per heavy atom. The molecule has 0 aliphatic carbocycles. The van der Waals surface area contributed by atoms with Crippen LogP contribution in [-0.4, -0.2) is 25.1 Å². The number of rotatable bonds is 6. The molecule has 0 aliphatic heterocycles. The van der Waals surface area contributed by atoms with Gasteiger partial charge in [0.05, 0.1) is 25.5 Å². The van der Waals surface area contributed by atoms with Crippen molar-refractivity contribution in [1.82, 2.24) is 4.98 Å². The van der Waals surface area contributed by atoms with E-state index < -0.39 is 0 Å². The molecule has 0 spiro atoms. The molecule has 1 heterocycles. The highest BCUT2D eigenvalue weighted by molar-refractivity contribution is 7.14. The molecule has 0 saturated heterocycles. The minimum atomic E-state index is -0.289. The van der Waals surface area contributed by atoms with Crippen molar-refractivity contribution in [2.24, 2.45) is 0 Å². The highest BCUT2D eigenvalue weighted by Gasteiger charge is 2.15. The predicted molar refractivity (Wildman–Crippen MR) is 104 cm³/mol. The van der Waals surface area contributed by atoms with Gasteiger partial charge in [-0.15, -0.1) is 11.3 Å². The Labute approximate surface area is 156 Å². The molecule has 0 radical (unpaired) electrons. The number of carbonyl (C=O) groups excluding carboxylic acids is 1. The predicted octanol–water partition coefficient (Wildman–Crippen LogP) is 4.64. The van der Waals surface area contributed by atoms with Gasteiger partial charge in [0.1, 0.15) is 11.5 Å². The van der Waals surface area contributed by atoms with E-state index in [-0.39, 0.29) is 5.91 Å². The molecule has 1 aromatic heterocycles. The van der Waals surface area contributed by atoms with E-state index in [1.807, 2.05) is 17.5 Å². The molecule has 0 aliphatic rings. The summed E-state index contributed by atoms with van der Waals surface area (Å²) in [7, 11) is 3.08. The first-order valence-corrected chi connectivity index (χ1v) is 9.10. The Morgan fingerprint density at radius 3 is 2.54 bits per heavy atom. The Hall–Kier alpha value is -2.86. The summed E-state index contributed by atoms with van der Waals surface area (Å²) in [5.41, 5.74) is 3.54. The van der Waals surface area contributed by atoms with Gasteiger partial charge in [-0.2, -0.15) is 0 Å². The maximum atomic E-state index is 12.6. The topological polar surface area (TPSA) is 60.5 Å². The Balaban J connectivity index is 1.79. The lowest BCUT2D eigenvalue weighted by atomic mass is 10.1. The lowest BCUT2D eigenvalue weighted by Crippen LogP contribution is -2.13. The summed E-state index contributed by atoms with van der Waals surface area (Å²) in [5, 5.41) is 5.30. The third kappa shape index (κ3) is 3.86. The van der Waals surface area contributed by atoms with E-state index in [0.29, 0.717) is 22.2 Å². The van der Waals surface area contributed by atoms with Crippen molar-refractivity contribution in [3.05, 3.63) is 59.0 Å². The van der Waals surface area contributed by atoms with Gasteiger partial charge < -0.3 is 9.47 Å². The van der Waals surface area contributed by atoms with E-state index in [9.17, 15) is 4.79 Å². The smallest absolute Gasteiger partial charge is 0.261 e.